The number of alkyl halides is 3. The molecule has 158 valence electrons. The van der Waals surface area contributed by atoms with Crippen LogP contribution in [-0.2, 0) is 6.18 Å². The Labute approximate surface area is 171 Å². The lowest BCUT2D eigenvalue weighted by Crippen LogP contribution is -2.37. The molecule has 0 saturated carbocycles. The Morgan fingerprint density at radius 1 is 1.31 bits per heavy atom. The van der Waals surface area contributed by atoms with Gasteiger partial charge in [-0.2, -0.15) is 23.0 Å². The molecule has 3 rings (SSSR count). The number of anilines is 1. The number of aromatic nitrogens is 3. The largest absolute Gasteiger partial charge is 0.417 e. The van der Waals surface area contributed by atoms with Gasteiger partial charge in [-0.05, 0) is 37.4 Å². The fraction of sp³-hybridized carbons (Fsp3) is 0.526. The summed E-state index contributed by atoms with van der Waals surface area (Å²) in [5.41, 5.74) is -1.15. The monoisotopic (exact) mass is 429 g/mol. The van der Waals surface area contributed by atoms with Crippen molar-refractivity contribution in [2.75, 3.05) is 25.0 Å². The van der Waals surface area contributed by atoms with Gasteiger partial charge in [0.2, 0.25) is 0 Å². The molecule has 10 heteroatoms. The number of pyridine rings is 1. The normalized spacial score (nSPS) is 17.8. The number of likely N-dealkylation sites (tertiary alicyclic amines) is 1. The smallest absolute Gasteiger partial charge is 0.381 e. The first kappa shape index (κ1) is 21.6. The first-order chi connectivity index (χ1) is 13.7. The maximum Gasteiger partial charge on any atom is 0.417 e. The van der Waals surface area contributed by atoms with E-state index in [2.05, 4.69) is 34.1 Å². The highest BCUT2D eigenvalue weighted by Gasteiger charge is 2.31. The molecule has 1 aliphatic rings. The zero-order valence-corrected chi connectivity index (χ0v) is 17.0. The molecule has 29 heavy (non-hydrogen) atoms. The molecule has 1 N–H and O–H groups in total. The van der Waals surface area contributed by atoms with Gasteiger partial charge < -0.3 is 5.32 Å². The van der Waals surface area contributed by atoms with Gasteiger partial charge in [-0.1, -0.05) is 25.4 Å². The predicted octanol–water partition coefficient (Wildman–Crippen LogP) is 3.83. The minimum Gasteiger partial charge on any atom is -0.381 e. The summed E-state index contributed by atoms with van der Waals surface area (Å²) < 4.78 is 38.9. The van der Waals surface area contributed by atoms with Crippen LogP contribution >= 0.6 is 11.6 Å². The van der Waals surface area contributed by atoms with Gasteiger partial charge in [-0.3, -0.25) is 9.69 Å². The molecule has 1 atom stereocenters. The van der Waals surface area contributed by atoms with E-state index in [1.54, 1.807) is 0 Å². The molecule has 2 aromatic heterocycles. The Morgan fingerprint density at radius 3 is 2.69 bits per heavy atom. The van der Waals surface area contributed by atoms with E-state index in [0.29, 0.717) is 30.4 Å². The number of rotatable bonds is 6. The highest BCUT2D eigenvalue weighted by atomic mass is 35.5. The van der Waals surface area contributed by atoms with E-state index >= 15 is 0 Å². The van der Waals surface area contributed by atoms with Gasteiger partial charge in [0, 0.05) is 25.3 Å². The minimum atomic E-state index is -4.50. The Bertz CT molecular complexity index is 898. The summed E-state index contributed by atoms with van der Waals surface area (Å²) in [6.07, 6.45) is -0.250. The van der Waals surface area contributed by atoms with Crippen LogP contribution in [0, 0.1) is 5.92 Å². The minimum absolute atomic E-state index is 0.0321. The van der Waals surface area contributed by atoms with Crippen molar-refractivity contribution >= 4 is 17.3 Å². The molecule has 1 saturated heterocycles. The van der Waals surface area contributed by atoms with Gasteiger partial charge in [-0.15, -0.1) is 0 Å². The molecule has 0 bridgehead atoms. The van der Waals surface area contributed by atoms with Gasteiger partial charge in [0.05, 0.1) is 17.4 Å². The Balaban J connectivity index is 1.73. The molecule has 1 aliphatic heterocycles. The summed E-state index contributed by atoms with van der Waals surface area (Å²) in [6, 6.07) is 2.29. The molecule has 0 aliphatic carbocycles. The maximum absolute atomic E-state index is 12.7. The fourth-order valence-electron chi connectivity index (χ4n) is 3.46. The third kappa shape index (κ3) is 5.08. The number of nitrogens with one attached hydrogen (secondary N) is 1. The first-order valence-corrected chi connectivity index (χ1v) is 9.84. The van der Waals surface area contributed by atoms with Crippen LogP contribution in [0.2, 0.25) is 5.02 Å². The van der Waals surface area contributed by atoms with E-state index in [1.807, 2.05) is 0 Å². The standard InChI is InChI=1S/C19H23ClF3N5O/c1-12(2)11-27-7-3-4-14(27)9-24-15-10-26-28(18(29)17(15)20)16-6-5-13(8-25-16)19(21,22)23/h5-6,8,10,12,14,24H,3-4,7,9,11H2,1-2H3/t14-/m1/s1. The van der Waals surface area contributed by atoms with E-state index < -0.39 is 17.3 Å². The van der Waals surface area contributed by atoms with Crippen molar-refractivity contribution in [3.05, 3.63) is 45.5 Å². The van der Waals surface area contributed by atoms with Crippen LogP contribution < -0.4 is 10.9 Å². The van der Waals surface area contributed by atoms with Gasteiger partial charge in [0.15, 0.2) is 5.82 Å². The van der Waals surface area contributed by atoms with Gasteiger partial charge in [-0.25, -0.2) is 4.98 Å². The van der Waals surface area contributed by atoms with Crippen LogP contribution in [0.1, 0.15) is 32.3 Å². The molecule has 2 aromatic rings. The quantitative estimate of drug-likeness (QED) is 0.756. The van der Waals surface area contributed by atoms with Crippen molar-refractivity contribution in [1.29, 1.82) is 0 Å². The molecular weight excluding hydrogens is 407 g/mol. The second kappa shape index (κ2) is 8.71. The topological polar surface area (TPSA) is 63.1 Å². The van der Waals surface area contributed by atoms with Gasteiger partial charge in [0.1, 0.15) is 5.02 Å². The van der Waals surface area contributed by atoms with Crippen LogP contribution in [0.5, 0.6) is 0 Å². The molecular formula is C19H23ClF3N5O. The average molecular weight is 430 g/mol. The number of hydrogen-bond donors (Lipinski definition) is 1. The van der Waals surface area contributed by atoms with Crippen molar-refractivity contribution in [2.24, 2.45) is 5.92 Å². The molecule has 1 fully saturated rings. The highest BCUT2D eigenvalue weighted by molar-refractivity contribution is 6.32. The zero-order valence-electron chi connectivity index (χ0n) is 16.2. The summed E-state index contributed by atoms with van der Waals surface area (Å²) in [7, 11) is 0. The summed E-state index contributed by atoms with van der Waals surface area (Å²) in [6.45, 7) is 7.06. The van der Waals surface area contributed by atoms with Crippen molar-refractivity contribution in [3.63, 3.8) is 0 Å². The summed E-state index contributed by atoms with van der Waals surface area (Å²) in [4.78, 5) is 18.6. The average Bonchev–Trinajstić information content (AvgIpc) is 3.08. The summed E-state index contributed by atoms with van der Waals surface area (Å²) in [5.74, 6) is 0.538. The predicted molar refractivity (Wildman–Crippen MR) is 106 cm³/mol. The van der Waals surface area contributed by atoms with E-state index in [1.165, 1.54) is 6.20 Å². The Hall–Kier alpha value is -2.13. The Kier molecular flexibility index (Phi) is 6.48. The third-order valence-corrected chi connectivity index (χ3v) is 5.20. The molecule has 0 unspecified atom stereocenters. The summed E-state index contributed by atoms with van der Waals surface area (Å²) in [5, 5.41) is 7.13. The van der Waals surface area contributed by atoms with Crippen molar-refractivity contribution in [2.45, 2.75) is 38.9 Å². The second-order valence-electron chi connectivity index (χ2n) is 7.56. The lowest BCUT2D eigenvalue weighted by atomic mass is 10.1. The van der Waals surface area contributed by atoms with E-state index in [0.717, 1.165) is 42.7 Å². The van der Waals surface area contributed by atoms with Crippen molar-refractivity contribution in [3.8, 4) is 5.82 Å². The lowest BCUT2D eigenvalue weighted by molar-refractivity contribution is -0.137. The molecule has 0 aromatic carbocycles. The van der Waals surface area contributed by atoms with E-state index in [9.17, 15) is 18.0 Å². The zero-order chi connectivity index (χ0) is 21.2. The molecule has 0 amide bonds. The molecule has 3 heterocycles. The molecule has 0 radical (unpaired) electrons. The van der Waals surface area contributed by atoms with Crippen LogP contribution in [0.3, 0.4) is 0 Å². The van der Waals surface area contributed by atoms with E-state index in [-0.39, 0.29) is 10.8 Å². The molecule has 0 spiro atoms. The lowest BCUT2D eigenvalue weighted by Gasteiger charge is -2.26. The van der Waals surface area contributed by atoms with Gasteiger partial charge in [0.25, 0.3) is 5.56 Å². The van der Waals surface area contributed by atoms with Crippen LogP contribution in [0.15, 0.2) is 29.3 Å². The third-order valence-electron chi connectivity index (χ3n) is 4.84. The van der Waals surface area contributed by atoms with Crippen molar-refractivity contribution in [1.82, 2.24) is 19.7 Å². The van der Waals surface area contributed by atoms with Gasteiger partial charge >= 0.3 is 6.18 Å². The summed E-state index contributed by atoms with van der Waals surface area (Å²) >= 11 is 6.20. The fourth-order valence-corrected chi connectivity index (χ4v) is 3.66. The second-order valence-corrected chi connectivity index (χ2v) is 7.94. The first-order valence-electron chi connectivity index (χ1n) is 9.46. The SMILES string of the molecule is CC(C)CN1CCC[C@@H]1CNc1cnn(-c2ccc(C(F)(F)F)cn2)c(=O)c1Cl. The number of halogens is 4. The number of nitrogens with zero attached hydrogens (tertiary/aromatic N) is 4. The van der Waals surface area contributed by atoms with Crippen molar-refractivity contribution < 1.29 is 13.2 Å². The Morgan fingerprint density at radius 2 is 2.07 bits per heavy atom. The maximum atomic E-state index is 12.7. The highest BCUT2D eigenvalue weighted by Crippen LogP contribution is 2.28. The van der Waals surface area contributed by atoms with E-state index in [4.69, 9.17) is 11.6 Å². The molecule has 6 nitrogen and oxygen atoms in total. The van der Waals surface area contributed by atoms with Crippen LogP contribution in [-0.4, -0.2) is 45.3 Å². The number of hydrogen-bond acceptors (Lipinski definition) is 5. The van der Waals surface area contributed by atoms with Crippen LogP contribution in [0.4, 0.5) is 18.9 Å². The van der Waals surface area contributed by atoms with Crippen LogP contribution in [0.25, 0.3) is 5.82 Å².